The number of rotatable bonds is 7. The van der Waals surface area contributed by atoms with Crippen LogP contribution in [0.3, 0.4) is 0 Å². The largest absolute Gasteiger partial charge is 0.349 e. The van der Waals surface area contributed by atoms with Gasteiger partial charge in [0.05, 0.1) is 26.4 Å². The predicted molar refractivity (Wildman–Crippen MR) is 91.5 cm³/mol. The van der Waals surface area contributed by atoms with Crippen LogP contribution in [0.4, 0.5) is 0 Å². The summed E-state index contributed by atoms with van der Waals surface area (Å²) in [5.41, 5.74) is 1.23. The second-order valence-corrected chi connectivity index (χ2v) is 6.66. The minimum absolute atomic E-state index is 0.0119. The van der Waals surface area contributed by atoms with Crippen molar-refractivity contribution in [3.05, 3.63) is 41.7 Å². The van der Waals surface area contributed by atoms with Gasteiger partial charge in [-0.1, -0.05) is 42.1 Å². The predicted octanol–water partition coefficient (Wildman–Crippen LogP) is 0.218. The molecule has 6 nitrogen and oxygen atoms in total. The van der Waals surface area contributed by atoms with Gasteiger partial charge in [0.1, 0.15) is 11.9 Å². The molecule has 0 aliphatic heterocycles. The summed E-state index contributed by atoms with van der Waals surface area (Å²) in [5.74, 6) is 1.20. The van der Waals surface area contributed by atoms with Gasteiger partial charge in [0, 0.05) is 12.6 Å². The average Bonchev–Trinajstić information content (AvgIpc) is 2.85. The molecule has 23 heavy (non-hydrogen) atoms. The first-order chi connectivity index (χ1) is 11.0. The number of hydrogen-bond acceptors (Lipinski definition) is 4. The van der Waals surface area contributed by atoms with Gasteiger partial charge in [-0.05, 0) is 6.92 Å². The lowest BCUT2D eigenvalue weighted by Gasteiger charge is -2.22. The standard InChI is InChI=1S/C16H23N5OS/c1-12-18-19-16(21(12)4)23-11-15(22)17-10-14(20(2)3)13-8-6-5-7-9-13/h5-9,14H,10-11H2,1-4H3,(H,17,22)/p+1/t14-/m1/s1. The molecule has 1 amide bonds. The van der Waals surface area contributed by atoms with Gasteiger partial charge in [-0.15, -0.1) is 10.2 Å². The fourth-order valence-electron chi connectivity index (χ4n) is 2.25. The van der Waals surface area contributed by atoms with E-state index in [2.05, 4.69) is 41.7 Å². The number of likely N-dealkylation sites (N-methyl/N-ethyl adjacent to an activating group) is 1. The number of quaternary nitrogens is 1. The molecule has 0 spiro atoms. The zero-order chi connectivity index (χ0) is 16.8. The number of hydrogen-bond donors (Lipinski definition) is 2. The van der Waals surface area contributed by atoms with E-state index < -0.39 is 0 Å². The molecule has 0 unspecified atom stereocenters. The average molecular weight is 334 g/mol. The Bertz CT molecular complexity index is 641. The third-order valence-electron chi connectivity index (χ3n) is 3.79. The Hall–Kier alpha value is -1.86. The highest BCUT2D eigenvalue weighted by atomic mass is 32.2. The van der Waals surface area contributed by atoms with Crippen molar-refractivity contribution < 1.29 is 9.69 Å². The summed E-state index contributed by atoms with van der Waals surface area (Å²) in [5, 5.41) is 11.8. The summed E-state index contributed by atoms with van der Waals surface area (Å²) < 4.78 is 1.88. The van der Waals surface area contributed by atoms with E-state index in [9.17, 15) is 4.79 Å². The van der Waals surface area contributed by atoms with Crippen molar-refractivity contribution in [2.45, 2.75) is 18.1 Å². The van der Waals surface area contributed by atoms with E-state index in [0.717, 1.165) is 11.0 Å². The maximum absolute atomic E-state index is 12.1. The zero-order valence-electron chi connectivity index (χ0n) is 14.0. The van der Waals surface area contributed by atoms with Gasteiger partial charge < -0.3 is 14.8 Å². The van der Waals surface area contributed by atoms with Gasteiger partial charge in [-0.3, -0.25) is 4.79 Å². The van der Waals surface area contributed by atoms with E-state index in [-0.39, 0.29) is 11.9 Å². The molecule has 7 heteroatoms. The van der Waals surface area contributed by atoms with E-state index in [1.807, 2.05) is 36.7 Å². The molecule has 0 fully saturated rings. The highest BCUT2D eigenvalue weighted by Crippen LogP contribution is 2.14. The first-order valence-electron chi connectivity index (χ1n) is 7.59. The number of aryl methyl sites for hydroxylation is 1. The second-order valence-electron chi connectivity index (χ2n) is 5.72. The molecule has 0 radical (unpaired) electrons. The Labute approximate surface area is 141 Å². The Morgan fingerprint density at radius 3 is 2.57 bits per heavy atom. The molecule has 0 bridgehead atoms. The van der Waals surface area contributed by atoms with Crippen molar-refractivity contribution >= 4 is 17.7 Å². The monoisotopic (exact) mass is 334 g/mol. The maximum Gasteiger partial charge on any atom is 0.230 e. The molecule has 124 valence electrons. The van der Waals surface area contributed by atoms with Gasteiger partial charge in [0.15, 0.2) is 5.16 Å². The summed E-state index contributed by atoms with van der Waals surface area (Å²) in [4.78, 5) is 13.4. The smallest absolute Gasteiger partial charge is 0.230 e. The highest BCUT2D eigenvalue weighted by Gasteiger charge is 2.18. The summed E-state index contributed by atoms with van der Waals surface area (Å²) in [6.07, 6.45) is 0. The first kappa shape index (κ1) is 17.5. The molecule has 1 aromatic carbocycles. The van der Waals surface area contributed by atoms with Crippen molar-refractivity contribution in [3.8, 4) is 0 Å². The Kier molecular flexibility index (Phi) is 6.18. The van der Waals surface area contributed by atoms with Crippen molar-refractivity contribution in [1.29, 1.82) is 0 Å². The van der Waals surface area contributed by atoms with E-state index in [1.165, 1.54) is 22.2 Å². The molecule has 0 aliphatic rings. The summed E-state index contributed by atoms with van der Waals surface area (Å²) in [6.45, 7) is 2.50. The Morgan fingerprint density at radius 2 is 2.00 bits per heavy atom. The highest BCUT2D eigenvalue weighted by molar-refractivity contribution is 7.99. The van der Waals surface area contributed by atoms with E-state index in [1.54, 1.807) is 0 Å². The molecule has 2 N–H and O–H groups in total. The van der Waals surface area contributed by atoms with Crippen LogP contribution in [-0.2, 0) is 11.8 Å². The third-order valence-corrected chi connectivity index (χ3v) is 4.81. The Balaban J connectivity index is 1.86. The lowest BCUT2D eigenvalue weighted by molar-refractivity contribution is -0.890. The second kappa shape index (κ2) is 8.12. The molecular formula is C16H24N5OS+. The van der Waals surface area contributed by atoms with Crippen molar-refractivity contribution in [2.24, 2.45) is 7.05 Å². The topological polar surface area (TPSA) is 64.2 Å². The minimum Gasteiger partial charge on any atom is -0.349 e. The number of amides is 1. The molecule has 2 rings (SSSR count). The van der Waals surface area contributed by atoms with Crippen LogP contribution in [0.5, 0.6) is 0 Å². The molecule has 0 saturated carbocycles. The van der Waals surface area contributed by atoms with Crippen LogP contribution in [0.1, 0.15) is 17.4 Å². The van der Waals surface area contributed by atoms with Crippen LogP contribution in [0.15, 0.2) is 35.5 Å². The summed E-state index contributed by atoms with van der Waals surface area (Å²) >= 11 is 1.40. The molecular weight excluding hydrogens is 310 g/mol. The van der Waals surface area contributed by atoms with Crippen molar-refractivity contribution in [1.82, 2.24) is 20.1 Å². The Morgan fingerprint density at radius 1 is 1.30 bits per heavy atom. The van der Waals surface area contributed by atoms with E-state index >= 15 is 0 Å². The number of aromatic nitrogens is 3. The van der Waals surface area contributed by atoms with E-state index in [0.29, 0.717) is 12.3 Å². The van der Waals surface area contributed by atoms with Crippen LogP contribution < -0.4 is 10.2 Å². The van der Waals surface area contributed by atoms with Crippen molar-refractivity contribution in [2.75, 3.05) is 26.4 Å². The number of carbonyl (C=O) groups excluding carboxylic acids is 1. The fourth-order valence-corrected chi connectivity index (χ4v) is 3.04. The number of carbonyl (C=O) groups is 1. The number of nitrogens with one attached hydrogen (secondary N) is 2. The number of nitrogens with zero attached hydrogens (tertiary/aromatic N) is 3. The zero-order valence-corrected chi connectivity index (χ0v) is 14.9. The maximum atomic E-state index is 12.1. The van der Waals surface area contributed by atoms with Gasteiger partial charge in [0.2, 0.25) is 5.91 Å². The molecule has 1 aromatic heterocycles. The van der Waals surface area contributed by atoms with Crippen LogP contribution >= 0.6 is 11.8 Å². The number of benzene rings is 1. The van der Waals surface area contributed by atoms with Crippen LogP contribution in [0, 0.1) is 6.92 Å². The fraction of sp³-hybridized carbons (Fsp3) is 0.438. The van der Waals surface area contributed by atoms with Gasteiger partial charge in [-0.25, -0.2) is 0 Å². The van der Waals surface area contributed by atoms with Gasteiger partial charge >= 0.3 is 0 Å². The minimum atomic E-state index is 0.0119. The molecule has 2 aromatic rings. The van der Waals surface area contributed by atoms with Crippen LogP contribution in [-0.4, -0.2) is 47.1 Å². The van der Waals surface area contributed by atoms with Crippen LogP contribution in [0.2, 0.25) is 0 Å². The SMILES string of the molecule is Cc1nnc(SCC(=O)NC[C@H](c2ccccc2)[NH+](C)C)n1C. The molecule has 0 saturated heterocycles. The van der Waals surface area contributed by atoms with Gasteiger partial charge in [0.25, 0.3) is 0 Å². The molecule has 1 atom stereocenters. The summed E-state index contributed by atoms with van der Waals surface area (Å²) in [6, 6.07) is 10.5. The van der Waals surface area contributed by atoms with Crippen molar-refractivity contribution in [3.63, 3.8) is 0 Å². The number of thioether (sulfide) groups is 1. The normalized spacial score (nSPS) is 12.4. The molecule has 0 aliphatic carbocycles. The first-order valence-corrected chi connectivity index (χ1v) is 8.58. The summed E-state index contributed by atoms with van der Waals surface area (Å²) in [7, 11) is 6.10. The molecule has 1 heterocycles. The van der Waals surface area contributed by atoms with Gasteiger partial charge in [-0.2, -0.15) is 0 Å². The lowest BCUT2D eigenvalue weighted by atomic mass is 10.1. The van der Waals surface area contributed by atoms with Crippen LogP contribution in [0.25, 0.3) is 0 Å². The van der Waals surface area contributed by atoms with E-state index in [4.69, 9.17) is 0 Å². The third kappa shape index (κ3) is 4.80. The lowest BCUT2D eigenvalue weighted by Crippen LogP contribution is -3.07. The quantitative estimate of drug-likeness (QED) is 0.711.